The van der Waals surface area contributed by atoms with Gasteiger partial charge in [0.25, 0.3) is 0 Å². The molecular formula is C20H20N4O6S. The van der Waals surface area contributed by atoms with Gasteiger partial charge in [-0.1, -0.05) is 53.7 Å². The Morgan fingerprint density at radius 2 is 1.65 bits per heavy atom. The van der Waals surface area contributed by atoms with Crippen molar-refractivity contribution >= 4 is 22.0 Å². The number of hydrogen-bond acceptors (Lipinski definition) is 6. The number of carboxylic acid groups (broad SMARTS) is 2. The first kappa shape index (κ1) is 22.1. The number of carboxylic acids is 2. The number of aryl methyl sites for hydroxylation is 1. The Kier molecular flexibility index (Phi) is 6.47. The Morgan fingerprint density at radius 3 is 2.26 bits per heavy atom. The fourth-order valence-electron chi connectivity index (χ4n) is 3.09. The van der Waals surface area contributed by atoms with Crippen LogP contribution in [0.3, 0.4) is 0 Å². The van der Waals surface area contributed by atoms with Crippen LogP contribution in [0, 0.1) is 6.92 Å². The molecule has 0 unspecified atom stereocenters. The van der Waals surface area contributed by atoms with Crippen molar-refractivity contribution in [3.63, 3.8) is 0 Å². The van der Waals surface area contributed by atoms with Crippen molar-refractivity contribution in [2.45, 2.75) is 24.9 Å². The Labute approximate surface area is 178 Å². The first-order valence-electron chi connectivity index (χ1n) is 9.21. The molecule has 0 aliphatic rings. The van der Waals surface area contributed by atoms with Gasteiger partial charge in [-0.25, -0.2) is 22.7 Å². The Hall–Kier alpha value is -3.57. The number of aromatic carboxylic acids is 2. The van der Waals surface area contributed by atoms with E-state index in [0.29, 0.717) is 5.56 Å². The molecule has 0 spiro atoms. The average molecular weight is 444 g/mol. The molecule has 3 rings (SSSR count). The van der Waals surface area contributed by atoms with Crippen LogP contribution in [-0.2, 0) is 23.1 Å². The number of hydrogen-bond donors (Lipinski definition) is 2. The molecule has 0 saturated heterocycles. The summed E-state index contributed by atoms with van der Waals surface area (Å²) in [6.45, 7) is 1.39. The fourth-order valence-corrected chi connectivity index (χ4v) is 4.73. The summed E-state index contributed by atoms with van der Waals surface area (Å²) in [6.07, 6.45) is 0. The average Bonchev–Trinajstić information content (AvgIpc) is 3.16. The molecule has 0 amide bonds. The van der Waals surface area contributed by atoms with E-state index in [1.807, 2.05) is 6.07 Å². The summed E-state index contributed by atoms with van der Waals surface area (Å²) >= 11 is 0. The zero-order valence-electron chi connectivity index (χ0n) is 16.5. The van der Waals surface area contributed by atoms with Gasteiger partial charge in [0.15, 0.2) is 5.69 Å². The zero-order chi connectivity index (χ0) is 22.6. The van der Waals surface area contributed by atoms with Crippen LogP contribution < -0.4 is 0 Å². The maximum Gasteiger partial charge on any atom is 0.359 e. The minimum Gasteiger partial charge on any atom is -0.476 e. The van der Waals surface area contributed by atoms with Crippen LogP contribution in [0.5, 0.6) is 0 Å². The van der Waals surface area contributed by atoms with Crippen LogP contribution >= 0.6 is 0 Å². The highest BCUT2D eigenvalue weighted by molar-refractivity contribution is 7.89. The van der Waals surface area contributed by atoms with Gasteiger partial charge in [0, 0.05) is 13.1 Å². The van der Waals surface area contributed by atoms with Crippen LogP contribution in [0.15, 0.2) is 59.5 Å². The number of nitrogens with zero attached hydrogens (tertiary/aromatic N) is 4. The summed E-state index contributed by atoms with van der Waals surface area (Å²) in [5.74, 6) is -3.05. The summed E-state index contributed by atoms with van der Waals surface area (Å²) < 4.78 is 28.9. The van der Waals surface area contributed by atoms with Gasteiger partial charge in [0.1, 0.15) is 0 Å². The highest BCUT2D eigenvalue weighted by Crippen LogP contribution is 2.22. The van der Waals surface area contributed by atoms with Gasteiger partial charge >= 0.3 is 11.9 Å². The van der Waals surface area contributed by atoms with Gasteiger partial charge in [-0.3, -0.25) is 0 Å². The molecule has 0 bridgehead atoms. The van der Waals surface area contributed by atoms with E-state index in [1.54, 1.807) is 49.4 Å². The van der Waals surface area contributed by atoms with E-state index in [1.165, 1.54) is 10.4 Å². The third-order valence-corrected chi connectivity index (χ3v) is 6.62. The first-order valence-corrected chi connectivity index (χ1v) is 10.7. The molecule has 0 aliphatic heterocycles. The topological polar surface area (TPSA) is 143 Å². The van der Waals surface area contributed by atoms with Crippen LogP contribution in [0.25, 0.3) is 0 Å². The van der Waals surface area contributed by atoms with E-state index in [4.69, 9.17) is 5.11 Å². The van der Waals surface area contributed by atoms with Crippen LogP contribution in [0.2, 0.25) is 0 Å². The van der Waals surface area contributed by atoms with Crippen LogP contribution in [0.4, 0.5) is 0 Å². The normalized spacial score (nSPS) is 11.5. The SMILES string of the molecule is Cc1ccccc1S(=O)(=O)N(CCn1nnc(C(=O)O)c1C(=O)O)Cc1ccccc1. The van der Waals surface area contributed by atoms with Crippen molar-refractivity contribution in [1.82, 2.24) is 19.3 Å². The molecule has 0 saturated carbocycles. The fraction of sp³-hybridized carbons (Fsp3) is 0.200. The molecule has 3 aromatic rings. The monoisotopic (exact) mass is 444 g/mol. The highest BCUT2D eigenvalue weighted by Gasteiger charge is 2.29. The Bertz CT molecular complexity index is 1210. The van der Waals surface area contributed by atoms with E-state index < -0.39 is 33.3 Å². The smallest absolute Gasteiger partial charge is 0.359 e. The van der Waals surface area contributed by atoms with Gasteiger partial charge in [-0.05, 0) is 24.1 Å². The van der Waals surface area contributed by atoms with E-state index >= 15 is 0 Å². The maximum absolute atomic E-state index is 13.4. The van der Waals surface area contributed by atoms with Crippen molar-refractivity contribution in [2.75, 3.05) is 6.54 Å². The minimum atomic E-state index is -3.93. The van der Waals surface area contributed by atoms with E-state index in [9.17, 15) is 23.1 Å². The largest absolute Gasteiger partial charge is 0.476 e. The molecule has 0 radical (unpaired) electrons. The van der Waals surface area contributed by atoms with Gasteiger partial charge < -0.3 is 10.2 Å². The van der Waals surface area contributed by atoms with E-state index in [2.05, 4.69) is 10.3 Å². The molecule has 0 fully saturated rings. The summed E-state index contributed by atoms with van der Waals surface area (Å²) in [5, 5.41) is 25.5. The third-order valence-electron chi connectivity index (χ3n) is 4.61. The van der Waals surface area contributed by atoms with Gasteiger partial charge in [-0.2, -0.15) is 4.31 Å². The molecule has 1 heterocycles. The number of sulfonamides is 1. The minimum absolute atomic E-state index is 0.0421. The molecule has 11 heteroatoms. The molecule has 1 aromatic heterocycles. The molecule has 2 aromatic carbocycles. The first-order chi connectivity index (χ1) is 14.7. The molecule has 162 valence electrons. The third kappa shape index (κ3) is 4.78. The van der Waals surface area contributed by atoms with Crippen LogP contribution in [-0.4, -0.2) is 56.4 Å². The second-order valence-corrected chi connectivity index (χ2v) is 8.62. The van der Waals surface area contributed by atoms with E-state index in [-0.39, 0.29) is 24.5 Å². The summed E-state index contributed by atoms with van der Waals surface area (Å²) in [6, 6.07) is 15.5. The van der Waals surface area contributed by atoms with Crippen molar-refractivity contribution in [3.8, 4) is 0 Å². The summed E-state index contributed by atoms with van der Waals surface area (Å²) in [4.78, 5) is 22.9. The molecule has 10 nitrogen and oxygen atoms in total. The molecule has 2 N–H and O–H groups in total. The van der Waals surface area contributed by atoms with Crippen molar-refractivity contribution in [3.05, 3.63) is 77.1 Å². The predicted molar refractivity (Wildman–Crippen MR) is 109 cm³/mol. The Balaban J connectivity index is 1.96. The van der Waals surface area contributed by atoms with Gasteiger partial charge in [-0.15, -0.1) is 5.10 Å². The highest BCUT2D eigenvalue weighted by atomic mass is 32.2. The Morgan fingerprint density at radius 1 is 1.00 bits per heavy atom. The number of carbonyl (C=O) groups is 2. The van der Waals surface area contributed by atoms with Crippen LogP contribution in [0.1, 0.15) is 32.1 Å². The number of aromatic nitrogens is 3. The van der Waals surface area contributed by atoms with Gasteiger partial charge in [0.2, 0.25) is 15.7 Å². The quantitative estimate of drug-likeness (QED) is 0.509. The molecule has 31 heavy (non-hydrogen) atoms. The lowest BCUT2D eigenvalue weighted by molar-refractivity contribution is 0.0640. The lowest BCUT2D eigenvalue weighted by Gasteiger charge is -2.23. The maximum atomic E-state index is 13.4. The zero-order valence-corrected chi connectivity index (χ0v) is 17.4. The predicted octanol–water partition coefficient (Wildman–Crippen LogP) is 1.87. The number of benzene rings is 2. The second-order valence-electron chi connectivity index (χ2n) is 6.71. The van der Waals surface area contributed by atoms with Crippen molar-refractivity contribution < 1.29 is 28.2 Å². The lowest BCUT2D eigenvalue weighted by Crippen LogP contribution is -2.34. The second kappa shape index (κ2) is 9.06. The molecular weight excluding hydrogens is 424 g/mol. The van der Waals surface area contributed by atoms with Gasteiger partial charge in [0.05, 0.1) is 11.4 Å². The van der Waals surface area contributed by atoms with Crippen molar-refractivity contribution in [1.29, 1.82) is 0 Å². The van der Waals surface area contributed by atoms with Crippen molar-refractivity contribution in [2.24, 2.45) is 0 Å². The molecule has 0 aliphatic carbocycles. The lowest BCUT2D eigenvalue weighted by atomic mass is 10.2. The standard InChI is InChI=1S/C20H20N4O6S/c1-14-7-5-6-10-16(14)31(29,30)23(13-15-8-3-2-4-9-15)11-12-24-18(20(27)28)17(19(25)26)21-22-24/h2-10H,11-13H2,1H3,(H,25,26)(H,27,28). The summed E-state index contributed by atoms with van der Waals surface area (Å²) in [7, 11) is -3.93. The van der Waals surface area contributed by atoms with E-state index in [0.717, 1.165) is 10.2 Å². The summed E-state index contributed by atoms with van der Waals surface area (Å²) in [5.41, 5.74) is -0.00652. The molecule has 0 atom stereocenters. The number of rotatable bonds is 9.